The molecule has 80 valence electrons. The molecule has 1 aromatic heterocycles. The molecule has 0 saturated heterocycles. The summed E-state index contributed by atoms with van der Waals surface area (Å²) < 4.78 is 5.56. The second-order valence-corrected chi connectivity index (χ2v) is 6.06. The van der Waals surface area contributed by atoms with Crippen LogP contribution in [0.3, 0.4) is 0 Å². The minimum absolute atomic E-state index is 0.00704. The molecule has 2 nitrogen and oxygen atoms in total. The Morgan fingerprint density at radius 2 is 1.50 bits per heavy atom. The molecular weight excluding hydrogens is 194 g/mol. The standard InChI is InChI=1S/C11H19NOS/c1-10(2,3)7-8(11(4,5)6)13-9(14)12-7/h1-6H3,(H,12,14). The average molecular weight is 213 g/mol. The molecular formula is C11H19NOS. The number of rotatable bonds is 0. The van der Waals surface area contributed by atoms with Crippen molar-refractivity contribution < 1.29 is 4.42 Å². The quantitative estimate of drug-likeness (QED) is 0.667. The molecule has 3 heteroatoms. The van der Waals surface area contributed by atoms with E-state index < -0.39 is 0 Å². The summed E-state index contributed by atoms with van der Waals surface area (Å²) in [6.45, 7) is 12.8. The van der Waals surface area contributed by atoms with Crippen LogP contribution in [0.25, 0.3) is 0 Å². The smallest absolute Gasteiger partial charge is 0.252 e. The molecule has 0 aromatic carbocycles. The molecule has 0 amide bonds. The van der Waals surface area contributed by atoms with Crippen molar-refractivity contribution in [1.82, 2.24) is 4.98 Å². The van der Waals surface area contributed by atoms with Crippen molar-refractivity contribution >= 4 is 12.6 Å². The fraction of sp³-hybridized carbons (Fsp3) is 0.727. The van der Waals surface area contributed by atoms with Gasteiger partial charge in [0.15, 0.2) is 0 Å². The van der Waals surface area contributed by atoms with Crippen molar-refractivity contribution in [2.75, 3.05) is 0 Å². The molecule has 0 aliphatic carbocycles. The fourth-order valence-corrected chi connectivity index (χ4v) is 1.52. The Bertz CT molecular complexity index is 297. The Hall–Kier alpha value is -0.440. The monoisotopic (exact) mass is 213 g/mol. The van der Waals surface area contributed by atoms with Gasteiger partial charge in [0.05, 0.1) is 5.69 Å². The second kappa shape index (κ2) is 3.30. The Morgan fingerprint density at radius 3 is 1.79 bits per heavy atom. The zero-order chi connectivity index (χ0) is 11.1. The summed E-state index contributed by atoms with van der Waals surface area (Å²) in [7, 11) is 0. The molecule has 0 aliphatic rings. The summed E-state index contributed by atoms with van der Waals surface area (Å²) in [6, 6.07) is 0. The zero-order valence-electron chi connectivity index (χ0n) is 9.80. The third kappa shape index (κ3) is 2.32. The molecule has 0 fully saturated rings. The number of nitrogens with zero attached hydrogens (tertiary/aromatic N) is 1. The van der Waals surface area contributed by atoms with Crippen LogP contribution in [0.4, 0.5) is 0 Å². The maximum absolute atomic E-state index is 5.56. The van der Waals surface area contributed by atoms with E-state index in [0.717, 1.165) is 11.5 Å². The van der Waals surface area contributed by atoms with E-state index in [9.17, 15) is 0 Å². The number of hydrogen-bond donors (Lipinski definition) is 1. The van der Waals surface area contributed by atoms with E-state index in [1.807, 2.05) is 0 Å². The number of thiol groups is 1. The van der Waals surface area contributed by atoms with Gasteiger partial charge in [0.25, 0.3) is 5.22 Å². The van der Waals surface area contributed by atoms with Crippen molar-refractivity contribution in [2.45, 2.75) is 57.6 Å². The minimum atomic E-state index is -0.0173. The highest BCUT2D eigenvalue weighted by atomic mass is 32.1. The van der Waals surface area contributed by atoms with Crippen LogP contribution >= 0.6 is 12.6 Å². The summed E-state index contributed by atoms with van der Waals surface area (Å²) in [5.74, 6) is 0.940. The van der Waals surface area contributed by atoms with Gasteiger partial charge in [-0.15, -0.1) is 0 Å². The van der Waals surface area contributed by atoms with Gasteiger partial charge in [0.2, 0.25) is 0 Å². The topological polar surface area (TPSA) is 26.0 Å². The van der Waals surface area contributed by atoms with E-state index in [0.29, 0.717) is 5.22 Å². The van der Waals surface area contributed by atoms with Crippen LogP contribution in [-0.2, 0) is 10.8 Å². The Kier molecular flexibility index (Phi) is 2.74. The van der Waals surface area contributed by atoms with E-state index in [-0.39, 0.29) is 10.8 Å². The molecule has 0 bridgehead atoms. The van der Waals surface area contributed by atoms with Crippen LogP contribution in [0.2, 0.25) is 0 Å². The normalized spacial score (nSPS) is 13.4. The molecule has 0 saturated carbocycles. The second-order valence-electron chi connectivity index (χ2n) is 5.67. The molecule has 1 rings (SSSR count). The van der Waals surface area contributed by atoms with E-state index in [2.05, 4.69) is 59.2 Å². The van der Waals surface area contributed by atoms with Gasteiger partial charge in [-0.05, 0) is 0 Å². The summed E-state index contributed by atoms with van der Waals surface area (Å²) in [5.41, 5.74) is 0.999. The minimum Gasteiger partial charge on any atom is -0.436 e. The molecule has 0 unspecified atom stereocenters. The summed E-state index contributed by atoms with van der Waals surface area (Å²) in [4.78, 5) is 4.35. The molecule has 0 N–H and O–H groups in total. The third-order valence-corrected chi connectivity index (χ3v) is 2.20. The summed E-state index contributed by atoms with van der Waals surface area (Å²) >= 11 is 4.16. The lowest BCUT2D eigenvalue weighted by molar-refractivity contribution is 0.349. The largest absolute Gasteiger partial charge is 0.436 e. The van der Waals surface area contributed by atoms with Crippen LogP contribution in [0.1, 0.15) is 53.0 Å². The van der Waals surface area contributed by atoms with Gasteiger partial charge in [-0.3, -0.25) is 0 Å². The van der Waals surface area contributed by atoms with Crippen molar-refractivity contribution in [2.24, 2.45) is 0 Å². The molecule has 14 heavy (non-hydrogen) atoms. The van der Waals surface area contributed by atoms with Crippen molar-refractivity contribution in [3.63, 3.8) is 0 Å². The third-order valence-electron chi connectivity index (χ3n) is 2.01. The van der Waals surface area contributed by atoms with Crippen molar-refractivity contribution in [1.29, 1.82) is 0 Å². The highest BCUT2D eigenvalue weighted by Gasteiger charge is 2.30. The van der Waals surface area contributed by atoms with Crippen molar-refractivity contribution in [3.05, 3.63) is 11.5 Å². The van der Waals surface area contributed by atoms with Gasteiger partial charge in [-0.1, -0.05) is 54.2 Å². The summed E-state index contributed by atoms with van der Waals surface area (Å²) in [6.07, 6.45) is 0. The van der Waals surface area contributed by atoms with Gasteiger partial charge in [0, 0.05) is 10.8 Å². The number of hydrogen-bond acceptors (Lipinski definition) is 3. The highest BCUT2D eigenvalue weighted by Crippen LogP contribution is 2.34. The number of oxazole rings is 1. The summed E-state index contributed by atoms with van der Waals surface area (Å²) in [5, 5.41) is 0.458. The first-order chi connectivity index (χ1) is 6.12. The molecule has 0 radical (unpaired) electrons. The first-order valence-electron chi connectivity index (χ1n) is 4.83. The molecule has 0 aliphatic heterocycles. The highest BCUT2D eigenvalue weighted by molar-refractivity contribution is 7.80. The van der Waals surface area contributed by atoms with Crippen LogP contribution < -0.4 is 0 Å². The molecule has 1 aromatic rings. The fourth-order valence-electron chi connectivity index (χ4n) is 1.33. The maximum atomic E-state index is 5.56. The van der Waals surface area contributed by atoms with Gasteiger partial charge in [-0.2, -0.15) is 0 Å². The average Bonchev–Trinajstić information content (AvgIpc) is 2.27. The van der Waals surface area contributed by atoms with Crippen LogP contribution in [0.15, 0.2) is 9.64 Å². The zero-order valence-corrected chi connectivity index (χ0v) is 10.7. The van der Waals surface area contributed by atoms with Gasteiger partial charge >= 0.3 is 0 Å². The van der Waals surface area contributed by atoms with Crippen LogP contribution in [0, 0.1) is 0 Å². The Morgan fingerprint density at radius 1 is 1.00 bits per heavy atom. The predicted molar refractivity (Wildman–Crippen MR) is 61.2 cm³/mol. The lowest BCUT2D eigenvalue weighted by atomic mass is 9.83. The lowest BCUT2D eigenvalue weighted by Crippen LogP contribution is -2.20. The Balaban J connectivity index is 3.31. The van der Waals surface area contributed by atoms with E-state index in [4.69, 9.17) is 4.42 Å². The molecule has 0 spiro atoms. The Labute approximate surface area is 91.5 Å². The van der Waals surface area contributed by atoms with E-state index in [1.165, 1.54) is 0 Å². The molecule has 1 heterocycles. The maximum Gasteiger partial charge on any atom is 0.252 e. The lowest BCUT2D eigenvalue weighted by Gasteiger charge is -2.22. The van der Waals surface area contributed by atoms with Crippen molar-refractivity contribution in [3.8, 4) is 0 Å². The van der Waals surface area contributed by atoms with Crippen LogP contribution in [0.5, 0.6) is 0 Å². The van der Waals surface area contributed by atoms with Crippen LogP contribution in [-0.4, -0.2) is 4.98 Å². The first-order valence-corrected chi connectivity index (χ1v) is 5.28. The molecule has 0 atom stereocenters. The van der Waals surface area contributed by atoms with Gasteiger partial charge in [-0.25, -0.2) is 4.98 Å². The SMILES string of the molecule is CC(C)(C)c1nc(S)oc1C(C)(C)C. The van der Waals surface area contributed by atoms with E-state index in [1.54, 1.807) is 0 Å². The number of aromatic nitrogens is 1. The first kappa shape index (κ1) is 11.6. The van der Waals surface area contributed by atoms with Gasteiger partial charge < -0.3 is 4.42 Å². The predicted octanol–water partition coefficient (Wildman–Crippen LogP) is 3.56. The van der Waals surface area contributed by atoms with E-state index >= 15 is 0 Å². The van der Waals surface area contributed by atoms with Gasteiger partial charge in [0.1, 0.15) is 5.76 Å².